The molecule has 0 saturated carbocycles. The van der Waals surface area contributed by atoms with Gasteiger partial charge in [0.15, 0.2) is 11.5 Å². The van der Waals surface area contributed by atoms with Crippen molar-refractivity contribution < 1.29 is 14.6 Å². The van der Waals surface area contributed by atoms with Crippen LogP contribution in [-0.2, 0) is 13.1 Å². The first-order valence-corrected chi connectivity index (χ1v) is 9.63. The molecule has 1 aromatic heterocycles. The average molecular weight is 374 g/mol. The van der Waals surface area contributed by atoms with E-state index in [1.807, 2.05) is 35.1 Å². The van der Waals surface area contributed by atoms with Crippen molar-refractivity contribution in [3.63, 3.8) is 0 Å². The Hall–Kier alpha value is -2.09. The molecule has 2 aromatic rings. The van der Waals surface area contributed by atoms with E-state index in [0.29, 0.717) is 18.0 Å². The molecule has 0 bridgehead atoms. The number of nitrogens with zero attached hydrogens (tertiary/aromatic N) is 3. The lowest BCUT2D eigenvalue weighted by molar-refractivity contribution is 0.0746. The largest absolute Gasteiger partial charge is 0.493 e. The summed E-state index contributed by atoms with van der Waals surface area (Å²) in [5.74, 6) is 1.35. The van der Waals surface area contributed by atoms with E-state index >= 15 is 0 Å². The van der Waals surface area contributed by atoms with Crippen molar-refractivity contribution in [3.8, 4) is 11.5 Å². The Morgan fingerprint density at radius 1 is 1.26 bits per heavy atom. The number of benzene rings is 1. The van der Waals surface area contributed by atoms with Gasteiger partial charge in [0, 0.05) is 32.0 Å². The fraction of sp³-hybridized carbons (Fsp3) is 0.550. The molecule has 1 aromatic carbocycles. The van der Waals surface area contributed by atoms with Gasteiger partial charge < -0.3 is 24.8 Å². The average Bonchev–Trinajstić information content (AvgIpc) is 3.38. The molecule has 1 saturated heterocycles. The standard InChI is InChI=1S/C20H30N4O3/c1-26-19-6-5-17(14-21-8-12-24-11-4-7-22-24)13-20(19)27-16-18(25)15-23-9-2-3-10-23/h4-7,11,13,18,21,25H,2-3,8-10,12,14-16H2,1H3/t18-/m1/s1. The SMILES string of the molecule is COc1ccc(CNCCn2cccn2)cc1OC[C@H](O)CN1CCCC1. The highest BCUT2D eigenvalue weighted by atomic mass is 16.5. The Labute approximate surface area is 160 Å². The molecule has 0 unspecified atom stereocenters. The summed E-state index contributed by atoms with van der Waals surface area (Å²) in [5, 5.41) is 17.8. The highest BCUT2D eigenvalue weighted by molar-refractivity contribution is 5.43. The quantitative estimate of drug-likeness (QED) is 0.581. The molecular formula is C20H30N4O3. The lowest BCUT2D eigenvalue weighted by Crippen LogP contribution is -2.33. The van der Waals surface area contributed by atoms with Gasteiger partial charge in [-0.05, 0) is 49.7 Å². The zero-order valence-corrected chi connectivity index (χ0v) is 16.0. The second-order valence-corrected chi connectivity index (χ2v) is 6.90. The molecule has 0 radical (unpaired) electrons. The highest BCUT2D eigenvalue weighted by Crippen LogP contribution is 2.28. The van der Waals surface area contributed by atoms with E-state index in [1.165, 1.54) is 12.8 Å². The van der Waals surface area contributed by atoms with Gasteiger partial charge >= 0.3 is 0 Å². The normalized spacial score (nSPS) is 15.8. The fourth-order valence-corrected chi connectivity index (χ4v) is 3.30. The fourth-order valence-electron chi connectivity index (χ4n) is 3.30. The topological polar surface area (TPSA) is 71.8 Å². The van der Waals surface area contributed by atoms with Crippen LogP contribution in [0.1, 0.15) is 18.4 Å². The molecule has 0 amide bonds. The molecule has 7 nitrogen and oxygen atoms in total. The van der Waals surface area contributed by atoms with Crippen LogP contribution in [0.2, 0.25) is 0 Å². The van der Waals surface area contributed by atoms with Gasteiger partial charge in [-0.15, -0.1) is 0 Å². The van der Waals surface area contributed by atoms with Gasteiger partial charge in [-0.1, -0.05) is 6.07 Å². The maximum Gasteiger partial charge on any atom is 0.161 e. The van der Waals surface area contributed by atoms with Gasteiger partial charge in [-0.25, -0.2) is 0 Å². The van der Waals surface area contributed by atoms with Crippen LogP contribution in [0.3, 0.4) is 0 Å². The number of hydrogen-bond acceptors (Lipinski definition) is 6. The van der Waals surface area contributed by atoms with Crippen LogP contribution in [-0.4, -0.2) is 65.8 Å². The summed E-state index contributed by atoms with van der Waals surface area (Å²) in [6.07, 6.45) is 5.68. The maximum absolute atomic E-state index is 10.2. The Bertz CT molecular complexity index is 672. The first-order valence-electron chi connectivity index (χ1n) is 9.63. The Kier molecular flexibility index (Phi) is 7.50. The molecule has 27 heavy (non-hydrogen) atoms. The minimum absolute atomic E-state index is 0.267. The van der Waals surface area contributed by atoms with E-state index in [2.05, 4.69) is 15.3 Å². The molecule has 1 fully saturated rings. The Balaban J connectivity index is 1.46. The van der Waals surface area contributed by atoms with Crippen molar-refractivity contribution in [1.29, 1.82) is 0 Å². The number of aliphatic hydroxyl groups excluding tert-OH is 1. The van der Waals surface area contributed by atoms with E-state index in [-0.39, 0.29) is 6.61 Å². The third kappa shape index (κ3) is 6.23. The summed E-state index contributed by atoms with van der Waals surface area (Å²) in [4.78, 5) is 2.28. The summed E-state index contributed by atoms with van der Waals surface area (Å²) in [5.41, 5.74) is 1.11. The summed E-state index contributed by atoms with van der Waals surface area (Å²) in [7, 11) is 1.63. The first-order chi connectivity index (χ1) is 13.2. The van der Waals surface area contributed by atoms with Crippen molar-refractivity contribution in [2.75, 3.05) is 39.9 Å². The van der Waals surface area contributed by atoms with E-state index in [4.69, 9.17) is 9.47 Å². The number of methoxy groups -OCH3 is 1. The lowest BCUT2D eigenvalue weighted by atomic mass is 10.2. The molecular weight excluding hydrogens is 344 g/mol. The van der Waals surface area contributed by atoms with Gasteiger partial charge in [-0.3, -0.25) is 4.68 Å². The summed E-state index contributed by atoms with van der Waals surface area (Å²) in [6.45, 7) is 5.46. The Morgan fingerprint density at radius 3 is 2.85 bits per heavy atom. The summed E-state index contributed by atoms with van der Waals surface area (Å²) >= 11 is 0. The number of nitrogens with one attached hydrogen (secondary N) is 1. The van der Waals surface area contributed by atoms with Gasteiger partial charge in [0.2, 0.25) is 0 Å². The smallest absolute Gasteiger partial charge is 0.161 e. The van der Waals surface area contributed by atoms with Gasteiger partial charge in [-0.2, -0.15) is 5.10 Å². The minimum Gasteiger partial charge on any atom is -0.493 e. The number of hydrogen-bond donors (Lipinski definition) is 2. The second-order valence-electron chi connectivity index (χ2n) is 6.90. The number of rotatable bonds is 11. The third-order valence-corrected chi connectivity index (χ3v) is 4.73. The summed E-state index contributed by atoms with van der Waals surface area (Å²) in [6, 6.07) is 7.83. The number of ether oxygens (including phenoxy) is 2. The van der Waals surface area contributed by atoms with Gasteiger partial charge in [0.05, 0.1) is 13.7 Å². The molecule has 1 atom stereocenters. The van der Waals surface area contributed by atoms with Crippen molar-refractivity contribution in [2.45, 2.75) is 32.0 Å². The monoisotopic (exact) mass is 374 g/mol. The van der Waals surface area contributed by atoms with Crippen LogP contribution >= 0.6 is 0 Å². The molecule has 0 aliphatic carbocycles. The van der Waals surface area contributed by atoms with Crippen LogP contribution in [0, 0.1) is 0 Å². The van der Waals surface area contributed by atoms with Crippen LogP contribution in [0.4, 0.5) is 0 Å². The lowest BCUT2D eigenvalue weighted by Gasteiger charge is -2.20. The molecule has 1 aliphatic heterocycles. The number of aliphatic hydroxyl groups is 1. The number of β-amino-alcohol motifs (C(OH)–C–C–N with tert-alkyl or cyclic N) is 1. The van der Waals surface area contributed by atoms with E-state index < -0.39 is 6.10 Å². The van der Waals surface area contributed by atoms with Crippen LogP contribution in [0.5, 0.6) is 11.5 Å². The van der Waals surface area contributed by atoms with E-state index in [1.54, 1.807) is 13.3 Å². The van der Waals surface area contributed by atoms with Crippen molar-refractivity contribution in [2.24, 2.45) is 0 Å². The van der Waals surface area contributed by atoms with Gasteiger partial charge in [0.1, 0.15) is 12.7 Å². The minimum atomic E-state index is -0.497. The van der Waals surface area contributed by atoms with E-state index in [0.717, 1.165) is 38.3 Å². The maximum atomic E-state index is 10.2. The highest BCUT2D eigenvalue weighted by Gasteiger charge is 2.17. The predicted octanol–water partition coefficient (Wildman–Crippen LogP) is 1.52. The van der Waals surface area contributed by atoms with Crippen molar-refractivity contribution >= 4 is 0 Å². The third-order valence-electron chi connectivity index (χ3n) is 4.73. The first kappa shape index (κ1) is 19.7. The van der Waals surface area contributed by atoms with E-state index in [9.17, 15) is 5.11 Å². The van der Waals surface area contributed by atoms with Crippen molar-refractivity contribution in [1.82, 2.24) is 20.0 Å². The zero-order valence-electron chi connectivity index (χ0n) is 16.0. The van der Waals surface area contributed by atoms with Gasteiger partial charge in [0.25, 0.3) is 0 Å². The van der Waals surface area contributed by atoms with Crippen LogP contribution in [0.25, 0.3) is 0 Å². The number of aromatic nitrogens is 2. The molecule has 148 valence electrons. The molecule has 2 heterocycles. The van der Waals surface area contributed by atoms with Crippen LogP contribution < -0.4 is 14.8 Å². The second kappa shape index (κ2) is 10.3. The molecule has 0 spiro atoms. The molecule has 1 aliphatic rings. The zero-order chi connectivity index (χ0) is 18.9. The molecule has 7 heteroatoms. The summed E-state index contributed by atoms with van der Waals surface area (Å²) < 4.78 is 13.2. The molecule has 2 N–H and O–H groups in total. The molecule has 3 rings (SSSR count). The Morgan fingerprint density at radius 2 is 2.11 bits per heavy atom. The number of likely N-dealkylation sites (tertiary alicyclic amines) is 1. The van der Waals surface area contributed by atoms with Crippen LogP contribution in [0.15, 0.2) is 36.7 Å². The van der Waals surface area contributed by atoms with Crippen molar-refractivity contribution in [3.05, 3.63) is 42.2 Å². The predicted molar refractivity (Wildman–Crippen MR) is 104 cm³/mol.